The van der Waals surface area contributed by atoms with Crippen LogP contribution in [0.15, 0.2) is 12.1 Å². The minimum absolute atomic E-state index is 0.261. The van der Waals surface area contributed by atoms with Crippen LogP contribution in [0.25, 0.3) is 0 Å². The van der Waals surface area contributed by atoms with Crippen molar-refractivity contribution in [1.29, 1.82) is 5.26 Å². The third kappa shape index (κ3) is 2.07. The van der Waals surface area contributed by atoms with E-state index in [-0.39, 0.29) is 5.56 Å². The highest BCUT2D eigenvalue weighted by atomic mass is 19.3. The second kappa shape index (κ2) is 3.85. The molecule has 4 heteroatoms. The Balaban J connectivity index is 3.36. The molecule has 80 valence electrons. The van der Waals surface area contributed by atoms with Gasteiger partial charge >= 0.3 is 5.92 Å². The summed E-state index contributed by atoms with van der Waals surface area (Å²) in [7, 11) is 1.48. The molecular formula is C11H11F2NO. The number of benzene rings is 1. The number of aryl methyl sites for hydroxylation is 2. The Hall–Kier alpha value is -1.63. The number of methoxy groups -OCH3 is 1. The molecule has 2 nitrogen and oxygen atoms in total. The van der Waals surface area contributed by atoms with Crippen LogP contribution in [0.1, 0.15) is 16.7 Å². The molecule has 0 N–H and O–H groups in total. The number of hydrogen-bond acceptors (Lipinski definition) is 2. The lowest BCUT2D eigenvalue weighted by Crippen LogP contribution is -2.12. The smallest absolute Gasteiger partial charge is 0.357 e. The summed E-state index contributed by atoms with van der Waals surface area (Å²) < 4.78 is 31.3. The first-order chi connectivity index (χ1) is 6.92. The van der Waals surface area contributed by atoms with E-state index in [4.69, 9.17) is 10.00 Å². The second-order valence-electron chi connectivity index (χ2n) is 3.32. The number of alkyl halides is 2. The Labute approximate surface area is 87.1 Å². The SMILES string of the molecule is COc1cc(C)c(C(F)(F)C#N)cc1C. The van der Waals surface area contributed by atoms with Crippen LogP contribution in [0, 0.1) is 25.2 Å². The molecular weight excluding hydrogens is 200 g/mol. The Morgan fingerprint density at radius 3 is 2.33 bits per heavy atom. The summed E-state index contributed by atoms with van der Waals surface area (Å²) in [5.41, 5.74) is 0.681. The van der Waals surface area contributed by atoms with E-state index in [1.54, 1.807) is 6.92 Å². The van der Waals surface area contributed by atoms with Crippen molar-refractivity contribution < 1.29 is 13.5 Å². The van der Waals surface area contributed by atoms with E-state index >= 15 is 0 Å². The van der Waals surface area contributed by atoms with Gasteiger partial charge in [-0.05, 0) is 37.1 Å². The van der Waals surface area contributed by atoms with Gasteiger partial charge in [0.05, 0.1) is 7.11 Å². The van der Waals surface area contributed by atoms with Gasteiger partial charge in [0.2, 0.25) is 0 Å². The fraction of sp³-hybridized carbons (Fsp3) is 0.364. The highest BCUT2D eigenvalue weighted by Gasteiger charge is 2.33. The summed E-state index contributed by atoms with van der Waals surface area (Å²) in [6.45, 7) is 3.19. The normalized spacial score (nSPS) is 10.9. The summed E-state index contributed by atoms with van der Waals surface area (Å²) in [6, 6.07) is 3.79. The summed E-state index contributed by atoms with van der Waals surface area (Å²) in [5, 5.41) is 8.36. The van der Waals surface area contributed by atoms with Gasteiger partial charge in [0.15, 0.2) is 0 Å². The Morgan fingerprint density at radius 1 is 1.27 bits per heavy atom. The van der Waals surface area contributed by atoms with Gasteiger partial charge < -0.3 is 4.74 Å². The van der Waals surface area contributed by atoms with Crippen LogP contribution in [0.4, 0.5) is 8.78 Å². The standard InChI is InChI=1S/C11H11F2NO/c1-7-5-10(15-3)8(2)4-9(7)11(12,13)6-14/h4-5H,1-3H3. The van der Waals surface area contributed by atoms with Crippen molar-refractivity contribution in [2.75, 3.05) is 7.11 Å². The highest BCUT2D eigenvalue weighted by molar-refractivity contribution is 5.44. The quantitative estimate of drug-likeness (QED) is 0.753. The molecule has 0 amide bonds. The Morgan fingerprint density at radius 2 is 1.87 bits per heavy atom. The average Bonchev–Trinajstić information content (AvgIpc) is 2.20. The fourth-order valence-corrected chi connectivity index (χ4v) is 1.41. The molecule has 1 aromatic rings. The van der Waals surface area contributed by atoms with Crippen molar-refractivity contribution in [3.8, 4) is 11.8 Å². The first-order valence-electron chi connectivity index (χ1n) is 4.37. The van der Waals surface area contributed by atoms with Crippen LogP contribution in [0.3, 0.4) is 0 Å². The van der Waals surface area contributed by atoms with E-state index in [0.717, 1.165) is 6.07 Å². The summed E-state index contributed by atoms with van der Waals surface area (Å²) >= 11 is 0. The maximum absolute atomic E-state index is 13.2. The molecule has 0 aliphatic heterocycles. The molecule has 0 aliphatic carbocycles. The molecule has 0 bridgehead atoms. The van der Waals surface area contributed by atoms with Gasteiger partial charge in [-0.2, -0.15) is 14.0 Å². The molecule has 0 aliphatic rings. The molecule has 0 atom stereocenters. The van der Waals surface area contributed by atoms with Gasteiger partial charge in [-0.25, -0.2) is 0 Å². The molecule has 0 spiro atoms. The summed E-state index contributed by atoms with van der Waals surface area (Å²) in [6.07, 6.45) is 0. The Bertz CT molecular complexity index is 421. The number of hydrogen-bond donors (Lipinski definition) is 0. The lowest BCUT2D eigenvalue weighted by atomic mass is 10.00. The first-order valence-corrected chi connectivity index (χ1v) is 4.37. The van der Waals surface area contributed by atoms with Crippen LogP contribution >= 0.6 is 0 Å². The van der Waals surface area contributed by atoms with Crippen LogP contribution < -0.4 is 4.74 Å². The van der Waals surface area contributed by atoms with E-state index in [9.17, 15) is 8.78 Å². The lowest BCUT2D eigenvalue weighted by molar-refractivity contribution is 0.0605. The van der Waals surface area contributed by atoms with Gasteiger partial charge in [-0.15, -0.1) is 0 Å². The zero-order valence-electron chi connectivity index (χ0n) is 8.77. The number of rotatable bonds is 2. The predicted molar refractivity (Wildman–Crippen MR) is 52.0 cm³/mol. The summed E-state index contributed by atoms with van der Waals surface area (Å²) in [4.78, 5) is 0. The number of nitrogens with zero attached hydrogens (tertiary/aromatic N) is 1. The van der Waals surface area contributed by atoms with Gasteiger partial charge in [0.25, 0.3) is 0 Å². The zero-order chi connectivity index (χ0) is 11.6. The average molecular weight is 211 g/mol. The van der Waals surface area contributed by atoms with Crippen molar-refractivity contribution in [2.45, 2.75) is 19.8 Å². The van der Waals surface area contributed by atoms with Gasteiger partial charge in [-0.1, -0.05) is 0 Å². The van der Waals surface area contributed by atoms with Crippen LogP contribution in [0.5, 0.6) is 5.75 Å². The van der Waals surface area contributed by atoms with Crippen molar-refractivity contribution >= 4 is 0 Å². The maximum atomic E-state index is 13.2. The predicted octanol–water partition coefficient (Wildman–Crippen LogP) is 2.93. The van der Waals surface area contributed by atoms with Crippen molar-refractivity contribution in [1.82, 2.24) is 0 Å². The molecule has 0 heterocycles. The second-order valence-corrected chi connectivity index (χ2v) is 3.32. The molecule has 1 aromatic carbocycles. The molecule has 15 heavy (non-hydrogen) atoms. The third-order valence-electron chi connectivity index (χ3n) is 2.22. The molecule has 0 unspecified atom stereocenters. The van der Waals surface area contributed by atoms with Crippen LogP contribution in [0.2, 0.25) is 0 Å². The fourth-order valence-electron chi connectivity index (χ4n) is 1.41. The molecule has 0 saturated carbocycles. The number of ether oxygens (including phenoxy) is 1. The highest BCUT2D eigenvalue weighted by Crippen LogP contribution is 2.33. The number of halogens is 2. The molecule has 1 rings (SSSR count). The molecule has 0 saturated heterocycles. The van der Waals surface area contributed by atoms with Crippen molar-refractivity contribution in [2.24, 2.45) is 0 Å². The molecule has 0 aromatic heterocycles. The van der Waals surface area contributed by atoms with Gasteiger partial charge in [0, 0.05) is 5.56 Å². The largest absolute Gasteiger partial charge is 0.496 e. The number of nitriles is 1. The topological polar surface area (TPSA) is 33.0 Å². The van der Waals surface area contributed by atoms with E-state index in [2.05, 4.69) is 0 Å². The van der Waals surface area contributed by atoms with Crippen molar-refractivity contribution in [3.63, 3.8) is 0 Å². The van der Waals surface area contributed by atoms with E-state index in [0.29, 0.717) is 16.9 Å². The van der Waals surface area contributed by atoms with E-state index in [1.165, 1.54) is 26.2 Å². The van der Waals surface area contributed by atoms with Gasteiger partial charge in [0.1, 0.15) is 11.8 Å². The minimum Gasteiger partial charge on any atom is -0.496 e. The van der Waals surface area contributed by atoms with E-state index < -0.39 is 5.92 Å². The molecule has 0 fully saturated rings. The maximum Gasteiger partial charge on any atom is 0.357 e. The van der Waals surface area contributed by atoms with E-state index in [1.807, 2.05) is 0 Å². The molecule has 0 radical (unpaired) electrons. The van der Waals surface area contributed by atoms with Gasteiger partial charge in [-0.3, -0.25) is 0 Å². The zero-order valence-corrected chi connectivity index (χ0v) is 8.77. The lowest BCUT2D eigenvalue weighted by Gasteiger charge is -2.14. The monoisotopic (exact) mass is 211 g/mol. The third-order valence-corrected chi connectivity index (χ3v) is 2.22. The van der Waals surface area contributed by atoms with Crippen LogP contribution in [-0.2, 0) is 5.92 Å². The first kappa shape index (κ1) is 11.4. The Kier molecular flexibility index (Phi) is 2.94. The summed E-state index contributed by atoms with van der Waals surface area (Å²) in [5.74, 6) is -2.90. The van der Waals surface area contributed by atoms with Crippen LogP contribution in [-0.4, -0.2) is 7.11 Å². The van der Waals surface area contributed by atoms with Crippen molar-refractivity contribution in [3.05, 3.63) is 28.8 Å². The minimum atomic E-state index is -3.44.